The third-order valence-corrected chi connectivity index (χ3v) is 4.47. The molecule has 2 aromatic rings. The second-order valence-corrected chi connectivity index (χ2v) is 6.42. The van der Waals surface area contributed by atoms with Crippen molar-refractivity contribution in [1.29, 1.82) is 0 Å². The Bertz CT molecular complexity index is 805. The van der Waals surface area contributed by atoms with Crippen LogP contribution in [0.25, 0.3) is 0 Å². The number of guanidine groups is 1. The van der Waals surface area contributed by atoms with Crippen molar-refractivity contribution < 1.29 is 14.6 Å². The summed E-state index contributed by atoms with van der Waals surface area (Å²) in [4.78, 5) is 4.59. The smallest absolute Gasteiger partial charge is 0.191 e. The van der Waals surface area contributed by atoms with Crippen LogP contribution in [0, 0.1) is 0 Å². The number of nitrogens with zero attached hydrogens (tertiary/aromatic N) is 1. The van der Waals surface area contributed by atoms with Crippen LogP contribution in [0.15, 0.2) is 41.4 Å². The zero-order chi connectivity index (χ0) is 19.1. The standard InChI is InChI=1S/C21H27N3O3/c1-3-22-21(24-14-16-5-7-20(26-2)18(25)13-16)23-10-8-15-4-6-19-17(12-15)9-11-27-19/h4-7,12-13,25H,3,8-11,14H2,1-2H3,(H2,22,23,24). The molecule has 6 nitrogen and oxygen atoms in total. The van der Waals surface area contributed by atoms with E-state index in [0.717, 1.165) is 49.8 Å². The van der Waals surface area contributed by atoms with Crippen molar-refractivity contribution in [3.63, 3.8) is 0 Å². The van der Waals surface area contributed by atoms with Gasteiger partial charge < -0.3 is 25.2 Å². The largest absolute Gasteiger partial charge is 0.504 e. The molecule has 3 rings (SSSR count). The first kappa shape index (κ1) is 18.9. The molecule has 27 heavy (non-hydrogen) atoms. The fourth-order valence-corrected chi connectivity index (χ4v) is 3.07. The summed E-state index contributed by atoms with van der Waals surface area (Å²) in [7, 11) is 1.54. The second-order valence-electron chi connectivity index (χ2n) is 6.42. The summed E-state index contributed by atoms with van der Waals surface area (Å²) in [5.74, 6) is 2.37. The van der Waals surface area contributed by atoms with Crippen LogP contribution >= 0.6 is 0 Å². The molecule has 0 saturated carbocycles. The number of hydrogen-bond donors (Lipinski definition) is 3. The highest BCUT2D eigenvalue weighted by Crippen LogP contribution is 2.27. The summed E-state index contributed by atoms with van der Waals surface area (Å²) in [5, 5.41) is 16.5. The Labute approximate surface area is 160 Å². The lowest BCUT2D eigenvalue weighted by Gasteiger charge is -2.12. The van der Waals surface area contributed by atoms with Crippen LogP contribution in [0.5, 0.6) is 17.2 Å². The van der Waals surface area contributed by atoms with Gasteiger partial charge in [-0.2, -0.15) is 0 Å². The molecule has 0 atom stereocenters. The first-order chi connectivity index (χ1) is 13.2. The number of hydrogen-bond acceptors (Lipinski definition) is 4. The molecule has 0 aliphatic carbocycles. The summed E-state index contributed by atoms with van der Waals surface area (Å²) in [5.41, 5.74) is 3.51. The Balaban J connectivity index is 1.55. The summed E-state index contributed by atoms with van der Waals surface area (Å²) in [6.07, 6.45) is 1.91. The summed E-state index contributed by atoms with van der Waals surface area (Å²) < 4.78 is 10.6. The number of fused-ring (bicyclic) bond motifs is 1. The lowest BCUT2D eigenvalue weighted by molar-refractivity contribution is 0.357. The van der Waals surface area contributed by atoms with E-state index in [1.807, 2.05) is 13.0 Å². The Morgan fingerprint density at radius 3 is 2.81 bits per heavy atom. The van der Waals surface area contributed by atoms with E-state index in [0.29, 0.717) is 12.3 Å². The number of ether oxygens (including phenoxy) is 2. The maximum absolute atomic E-state index is 9.88. The van der Waals surface area contributed by atoms with E-state index in [-0.39, 0.29) is 5.75 Å². The van der Waals surface area contributed by atoms with Crippen molar-refractivity contribution in [2.24, 2.45) is 4.99 Å². The molecule has 0 radical (unpaired) electrons. The monoisotopic (exact) mass is 369 g/mol. The summed E-state index contributed by atoms with van der Waals surface area (Å²) in [6, 6.07) is 11.7. The van der Waals surface area contributed by atoms with Gasteiger partial charge in [-0.3, -0.25) is 0 Å². The zero-order valence-corrected chi connectivity index (χ0v) is 15.9. The van der Waals surface area contributed by atoms with E-state index in [1.165, 1.54) is 18.2 Å². The number of phenols is 1. The van der Waals surface area contributed by atoms with Crippen molar-refractivity contribution in [1.82, 2.24) is 10.6 Å². The lowest BCUT2D eigenvalue weighted by Crippen LogP contribution is -2.38. The van der Waals surface area contributed by atoms with Crippen LogP contribution in [-0.2, 0) is 19.4 Å². The van der Waals surface area contributed by atoms with Gasteiger partial charge in [0.2, 0.25) is 0 Å². The molecule has 0 spiro atoms. The van der Waals surface area contributed by atoms with Crippen LogP contribution in [0.2, 0.25) is 0 Å². The van der Waals surface area contributed by atoms with E-state index in [4.69, 9.17) is 9.47 Å². The van der Waals surface area contributed by atoms with Gasteiger partial charge in [0, 0.05) is 19.5 Å². The van der Waals surface area contributed by atoms with E-state index < -0.39 is 0 Å². The number of aromatic hydroxyl groups is 1. The molecule has 3 N–H and O–H groups in total. The van der Waals surface area contributed by atoms with Crippen LogP contribution in [0.3, 0.4) is 0 Å². The predicted octanol–water partition coefficient (Wildman–Crippen LogP) is 2.63. The zero-order valence-electron chi connectivity index (χ0n) is 15.9. The molecule has 0 aromatic heterocycles. The summed E-state index contributed by atoms with van der Waals surface area (Å²) in [6.45, 7) is 4.88. The lowest BCUT2D eigenvalue weighted by atomic mass is 10.1. The highest BCUT2D eigenvalue weighted by atomic mass is 16.5. The van der Waals surface area contributed by atoms with Gasteiger partial charge in [-0.05, 0) is 48.2 Å². The van der Waals surface area contributed by atoms with Crippen molar-refractivity contribution >= 4 is 5.96 Å². The molecular formula is C21H27N3O3. The first-order valence-electron chi connectivity index (χ1n) is 9.32. The SMILES string of the molecule is CCNC(=NCc1ccc(OC)c(O)c1)NCCc1ccc2c(c1)CCO2. The first-order valence-corrected chi connectivity index (χ1v) is 9.32. The van der Waals surface area contributed by atoms with Gasteiger partial charge in [0.1, 0.15) is 5.75 Å². The maximum Gasteiger partial charge on any atom is 0.191 e. The predicted molar refractivity (Wildman–Crippen MR) is 107 cm³/mol. The number of benzene rings is 2. The molecule has 0 bridgehead atoms. The highest BCUT2D eigenvalue weighted by molar-refractivity contribution is 5.79. The average molecular weight is 369 g/mol. The number of aliphatic imine (C=N–C) groups is 1. The molecule has 0 unspecified atom stereocenters. The van der Waals surface area contributed by atoms with E-state index in [2.05, 4.69) is 33.8 Å². The van der Waals surface area contributed by atoms with Gasteiger partial charge in [0.05, 0.1) is 20.3 Å². The quantitative estimate of drug-likeness (QED) is 0.517. The third-order valence-electron chi connectivity index (χ3n) is 4.47. The number of methoxy groups -OCH3 is 1. The third kappa shape index (κ3) is 5.06. The van der Waals surface area contributed by atoms with E-state index >= 15 is 0 Å². The van der Waals surface area contributed by atoms with Crippen LogP contribution in [-0.4, -0.2) is 37.9 Å². The Morgan fingerprint density at radius 1 is 1.19 bits per heavy atom. The second kappa shape index (κ2) is 9.16. The van der Waals surface area contributed by atoms with Crippen molar-refractivity contribution in [3.05, 3.63) is 53.1 Å². The Kier molecular flexibility index (Phi) is 6.41. The van der Waals surface area contributed by atoms with Crippen LogP contribution in [0.1, 0.15) is 23.6 Å². The maximum atomic E-state index is 9.88. The van der Waals surface area contributed by atoms with Gasteiger partial charge >= 0.3 is 0 Å². The van der Waals surface area contributed by atoms with Gasteiger partial charge in [0.25, 0.3) is 0 Å². The van der Waals surface area contributed by atoms with E-state index in [9.17, 15) is 5.11 Å². The molecular weight excluding hydrogens is 342 g/mol. The minimum atomic E-state index is 0.128. The van der Waals surface area contributed by atoms with Crippen LogP contribution < -0.4 is 20.1 Å². The number of nitrogens with one attached hydrogen (secondary N) is 2. The molecule has 0 fully saturated rings. The van der Waals surface area contributed by atoms with Gasteiger partial charge in [-0.15, -0.1) is 0 Å². The Morgan fingerprint density at radius 2 is 2.04 bits per heavy atom. The van der Waals surface area contributed by atoms with Crippen molar-refractivity contribution in [2.45, 2.75) is 26.3 Å². The molecule has 1 aliphatic heterocycles. The molecule has 144 valence electrons. The van der Waals surface area contributed by atoms with Gasteiger partial charge in [0.15, 0.2) is 17.5 Å². The van der Waals surface area contributed by atoms with E-state index in [1.54, 1.807) is 12.1 Å². The topological polar surface area (TPSA) is 75.1 Å². The van der Waals surface area contributed by atoms with Gasteiger partial charge in [-0.25, -0.2) is 4.99 Å². The van der Waals surface area contributed by atoms with Crippen molar-refractivity contribution in [3.8, 4) is 17.2 Å². The molecule has 2 aromatic carbocycles. The average Bonchev–Trinajstić information content (AvgIpc) is 3.14. The van der Waals surface area contributed by atoms with Crippen molar-refractivity contribution in [2.75, 3.05) is 26.8 Å². The highest BCUT2D eigenvalue weighted by Gasteiger charge is 2.11. The summed E-state index contributed by atoms with van der Waals surface area (Å²) >= 11 is 0. The molecule has 1 heterocycles. The Hall–Kier alpha value is -2.89. The minimum Gasteiger partial charge on any atom is -0.504 e. The minimum absolute atomic E-state index is 0.128. The fourth-order valence-electron chi connectivity index (χ4n) is 3.07. The molecule has 0 saturated heterocycles. The van der Waals surface area contributed by atoms with Gasteiger partial charge in [-0.1, -0.05) is 18.2 Å². The molecule has 0 amide bonds. The number of phenolic OH excluding ortho intramolecular Hbond substituents is 1. The molecule has 1 aliphatic rings. The normalized spacial score (nSPS) is 13.0. The fraction of sp³-hybridized carbons (Fsp3) is 0.381. The van der Waals surface area contributed by atoms with Crippen LogP contribution in [0.4, 0.5) is 0 Å². The molecule has 6 heteroatoms. The number of rotatable bonds is 7.